The van der Waals surface area contributed by atoms with Crippen LogP contribution < -0.4 is 9.47 Å². The number of hydrogen-bond acceptors (Lipinski definition) is 10. The molecule has 0 saturated carbocycles. The minimum Gasteiger partial charge on any atom is -0.508 e. The second-order valence-corrected chi connectivity index (χ2v) is 7.49. The van der Waals surface area contributed by atoms with Crippen LogP contribution in [0.4, 0.5) is 0 Å². The van der Waals surface area contributed by atoms with Crippen LogP contribution in [0.15, 0.2) is 36.4 Å². The van der Waals surface area contributed by atoms with Gasteiger partial charge < -0.3 is 44.8 Å². The molecule has 166 valence electrons. The number of benzene rings is 2. The fraction of sp³-hybridized carbons (Fsp3) is 0.381. The molecule has 2 aliphatic heterocycles. The Morgan fingerprint density at radius 3 is 2.35 bits per heavy atom. The lowest BCUT2D eigenvalue weighted by Gasteiger charge is -2.38. The highest BCUT2D eigenvalue weighted by Gasteiger charge is 2.43. The molecule has 6 N–H and O–H groups in total. The van der Waals surface area contributed by atoms with E-state index in [0.29, 0.717) is 5.56 Å². The highest BCUT2D eigenvalue weighted by molar-refractivity contribution is 6.02. The van der Waals surface area contributed by atoms with Crippen LogP contribution in [0.3, 0.4) is 0 Å². The molecule has 1 fully saturated rings. The van der Waals surface area contributed by atoms with Crippen molar-refractivity contribution in [2.75, 3.05) is 6.61 Å². The quantitative estimate of drug-likeness (QED) is 0.385. The Kier molecular flexibility index (Phi) is 5.73. The third-order valence-electron chi connectivity index (χ3n) is 5.32. The smallest absolute Gasteiger partial charge is 0.184 e. The molecule has 4 rings (SSSR count). The van der Waals surface area contributed by atoms with Crippen LogP contribution >= 0.6 is 0 Å². The van der Waals surface area contributed by atoms with Crippen molar-refractivity contribution in [1.82, 2.24) is 0 Å². The standard InChI is InChI=1S/C21H22O10/c22-10-3-1-9(2-4-10)13-7-12(24)17-14(5-11(23)6-15(17)30-13)29-8-16-18(25)19(26)20(27)21(28)31-16/h1-6,13,16,18-23,25-28H,7-8H2. The van der Waals surface area contributed by atoms with E-state index >= 15 is 0 Å². The summed E-state index contributed by atoms with van der Waals surface area (Å²) in [5.74, 6) is -0.377. The van der Waals surface area contributed by atoms with Gasteiger partial charge in [0.05, 0.1) is 6.42 Å². The third kappa shape index (κ3) is 4.16. The maximum absolute atomic E-state index is 12.8. The van der Waals surface area contributed by atoms with E-state index in [0.717, 1.165) is 0 Å². The molecule has 10 nitrogen and oxygen atoms in total. The van der Waals surface area contributed by atoms with Gasteiger partial charge in [-0.3, -0.25) is 4.79 Å². The molecule has 31 heavy (non-hydrogen) atoms. The topological polar surface area (TPSA) is 166 Å². The lowest BCUT2D eigenvalue weighted by Crippen LogP contribution is -2.58. The summed E-state index contributed by atoms with van der Waals surface area (Å²) in [5, 5.41) is 58.5. The number of hydrogen-bond donors (Lipinski definition) is 6. The third-order valence-corrected chi connectivity index (χ3v) is 5.32. The summed E-state index contributed by atoms with van der Waals surface area (Å²) < 4.78 is 16.5. The Morgan fingerprint density at radius 1 is 0.935 bits per heavy atom. The lowest BCUT2D eigenvalue weighted by molar-refractivity contribution is -0.285. The normalized spacial score (nSPS) is 30.4. The number of aliphatic hydroxyl groups is 4. The van der Waals surface area contributed by atoms with Crippen LogP contribution in [0, 0.1) is 0 Å². The minimum atomic E-state index is -1.72. The van der Waals surface area contributed by atoms with E-state index < -0.39 is 36.8 Å². The van der Waals surface area contributed by atoms with Gasteiger partial charge >= 0.3 is 0 Å². The zero-order valence-electron chi connectivity index (χ0n) is 16.2. The van der Waals surface area contributed by atoms with E-state index in [2.05, 4.69) is 0 Å². The minimum absolute atomic E-state index is 0.00884. The molecule has 0 spiro atoms. The zero-order valence-corrected chi connectivity index (χ0v) is 16.2. The molecule has 2 aromatic rings. The van der Waals surface area contributed by atoms with Gasteiger partial charge in [-0.05, 0) is 17.7 Å². The van der Waals surface area contributed by atoms with Gasteiger partial charge in [0, 0.05) is 12.1 Å². The monoisotopic (exact) mass is 434 g/mol. The average Bonchev–Trinajstić information content (AvgIpc) is 2.73. The van der Waals surface area contributed by atoms with Gasteiger partial charge in [0.2, 0.25) is 0 Å². The first-order chi connectivity index (χ1) is 14.7. The average molecular weight is 434 g/mol. The van der Waals surface area contributed by atoms with Crippen molar-refractivity contribution in [3.63, 3.8) is 0 Å². The van der Waals surface area contributed by atoms with E-state index in [1.807, 2.05) is 0 Å². The number of carbonyl (C=O) groups is 1. The Hall–Kier alpha value is -2.89. The molecule has 2 heterocycles. The molecular formula is C21H22O10. The summed E-state index contributed by atoms with van der Waals surface area (Å²) in [5.41, 5.74) is 0.766. The maximum atomic E-state index is 12.8. The van der Waals surface area contributed by atoms with E-state index in [1.54, 1.807) is 12.1 Å². The van der Waals surface area contributed by atoms with E-state index in [4.69, 9.17) is 14.2 Å². The van der Waals surface area contributed by atoms with Crippen molar-refractivity contribution < 1.29 is 49.6 Å². The molecule has 6 atom stereocenters. The SMILES string of the molecule is O=C1CC(c2ccc(O)cc2)Oc2cc(O)cc(OCC3OC(O)C(O)C(O)C3O)c21. The first kappa shape index (κ1) is 21.3. The van der Waals surface area contributed by atoms with Crippen molar-refractivity contribution in [3.8, 4) is 23.0 Å². The number of ketones is 1. The van der Waals surface area contributed by atoms with Gasteiger partial charge in [0.25, 0.3) is 0 Å². The molecule has 6 unspecified atom stereocenters. The summed E-state index contributed by atoms with van der Waals surface area (Å²) in [4.78, 5) is 12.8. The van der Waals surface area contributed by atoms with Gasteiger partial charge in [-0.15, -0.1) is 0 Å². The second-order valence-electron chi connectivity index (χ2n) is 7.49. The Bertz CT molecular complexity index is 959. The molecule has 0 amide bonds. The van der Waals surface area contributed by atoms with Crippen molar-refractivity contribution in [2.24, 2.45) is 0 Å². The molecule has 10 heteroatoms. The van der Waals surface area contributed by atoms with Gasteiger partial charge in [-0.2, -0.15) is 0 Å². The Labute approximate surface area is 176 Å². The van der Waals surface area contributed by atoms with Crippen LogP contribution in [0.1, 0.15) is 28.4 Å². The molecule has 0 aliphatic carbocycles. The highest BCUT2D eigenvalue weighted by atomic mass is 16.6. The van der Waals surface area contributed by atoms with Crippen molar-refractivity contribution in [1.29, 1.82) is 0 Å². The maximum Gasteiger partial charge on any atom is 0.184 e. The van der Waals surface area contributed by atoms with Crippen LogP contribution in [0.5, 0.6) is 23.0 Å². The van der Waals surface area contributed by atoms with E-state index in [9.17, 15) is 35.4 Å². The zero-order chi connectivity index (χ0) is 22.3. The van der Waals surface area contributed by atoms with E-state index in [1.165, 1.54) is 24.3 Å². The Morgan fingerprint density at radius 2 is 1.65 bits per heavy atom. The van der Waals surface area contributed by atoms with Crippen LogP contribution in [0.25, 0.3) is 0 Å². The highest BCUT2D eigenvalue weighted by Crippen LogP contribution is 2.42. The van der Waals surface area contributed by atoms with Crippen molar-refractivity contribution in [2.45, 2.75) is 43.2 Å². The van der Waals surface area contributed by atoms with Crippen molar-refractivity contribution >= 4 is 5.78 Å². The van der Waals surface area contributed by atoms with E-state index in [-0.39, 0.29) is 47.4 Å². The van der Waals surface area contributed by atoms with Crippen molar-refractivity contribution in [3.05, 3.63) is 47.5 Å². The van der Waals surface area contributed by atoms with Crippen LogP contribution in [-0.2, 0) is 4.74 Å². The van der Waals surface area contributed by atoms with Crippen LogP contribution in [0.2, 0.25) is 0 Å². The number of aromatic hydroxyl groups is 2. The molecule has 2 aliphatic rings. The molecular weight excluding hydrogens is 412 g/mol. The summed E-state index contributed by atoms with van der Waals surface area (Å²) in [6.45, 7) is -0.382. The first-order valence-corrected chi connectivity index (χ1v) is 9.61. The number of fused-ring (bicyclic) bond motifs is 1. The fourth-order valence-corrected chi connectivity index (χ4v) is 3.64. The molecule has 0 aromatic heterocycles. The molecule has 0 bridgehead atoms. The molecule has 2 aromatic carbocycles. The first-order valence-electron chi connectivity index (χ1n) is 9.61. The number of carbonyl (C=O) groups excluding carboxylic acids is 1. The number of Topliss-reactive ketones (excluding diaryl/α,β-unsaturated/α-hetero) is 1. The molecule has 1 saturated heterocycles. The Balaban J connectivity index is 1.55. The number of aliphatic hydroxyl groups excluding tert-OH is 4. The second kappa shape index (κ2) is 8.33. The van der Waals surface area contributed by atoms with Gasteiger partial charge in [0.1, 0.15) is 65.7 Å². The fourth-order valence-electron chi connectivity index (χ4n) is 3.64. The number of rotatable bonds is 4. The largest absolute Gasteiger partial charge is 0.508 e. The van der Waals surface area contributed by atoms with Crippen LogP contribution in [-0.4, -0.2) is 73.7 Å². The van der Waals surface area contributed by atoms with Gasteiger partial charge in [0.15, 0.2) is 12.1 Å². The van der Waals surface area contributed by atoms with Gasteiger partial charge in [-0.25, -0.2) is 0 Å². The number of phenols is 2. The summed E-state index contributed by atoms with van der Waals surface area (Å²) in [7, 11) is 0. The summed E-state index contributed by atoms with van der Waals surface area (Å²) >= 11 is 0. The predicted octanol–water partition coefficient (Wildman–Crippen LogP) is -0.0170. The summed E-state index contributed by atoms with van der Waals surface area (Å²) in [6.07, 6.45) is -8.41. The number of ether oxygens (including phenoxy) is 3. The van der Waals surface area contributed by atoms with Gasteiger partial charge in [-0.1, -0.05) is 12.1 Å². The predicted molar refractivity (Wildman–Crippen MR) is 103 cm³/mol. The lowest BCUT2D eigenvalue weighted by atomic mass is 9.95. The molecule has 0 radical (unpaired) electrons. The summed E-state index contributed by atoms with van der Waals surface area (Å²) in [6, 6.07) is 8.70. The number of phenolic OH excluding ortho intramolecular Hbond substituents is 2.